The predicted molar refractivity (Wildman–Crippen MR) is 66.5 cm³/mol. The summed E-state index contributed by atoms with van der Waals surface area (Å²) >= 11 is 0. The number of hydrogen-bond acceptors (Lipinski definition) is 4. The molecule has 3 rings (SSSR count). The third-order valence-electron chi connectivity index (χ3n) is 3.67. The van der Waals surface area contributed by atoms with Gasteiger partial charge in [-0.25, -0.2) is 9.78 Å². The summed E-state index contributed by atoms with van der Waals surface area (Å²) in [5.41, 5.74) is -0.501. The van der Waals surface area contributed by atoms with Gasteiger partial charge in [-0.2, -0.15) is 0 Å². The highest BCUT2D eigenvalue weighted by atomic mass is 31.0. The zero-order chi connectivity index (χ0) is 11.8. The van der Waals surface area contributed by atoms with Crippen molar-refractivity contribution in [2.75, 3.05) is 0 Å². The molecule has 0 aromatic rings. The van der Waals surface area contributed by atoms with Gasteiger partial charge >= 0.3 is 0 Å². The van der Waals surface area contributed by atoms with Gasteiger partial charge in [0.05, 0.1) is 0 Å². The molecule has 0 saturated carbocycles. The molecule has 0 N–H and O–H groups in total. The van der Waals surface area contributed by atoms with Crippen LogP contribution in [0.4, 0.5) is 0 Å². The van der Waals surface area contributed by atoms with Crippen LogP contribution in [0.2, 0.25) is 0 Å². The van der Waals surface area contributed by atoms with E-state index in [4.69, 9.17) is 18.8 Å². The molecule has 4 nitrogen and oxygen atoms in total. The van der Waals surface area contributed by atoms with Crippen molar-refractivity contribution in [2.24, 2.45) is 5.92 Å². The molecule has 3 unspecified atom stereocenters. The summed E-state index contributed by atoms with van der Waals surface area (Å²) in [6.45, 7) is 4.27. The molecule has 0 radical (unpaired) electrons. The third kappa shape index (κ3) is 1.68. The lowest BCUT2D eigenvalue weighted by molar-refractivity contribution is -0.419. The van der Waals surface area contributed by atoms with Crippen LogP contribution < -0.4 is 0 Å². The maximum Gasteiger partial charge on any atom is 0.143 e. The fraction of sp³-hybridized carbons (Fsp3) is 0.800. The van der Waals surface area contributed by atoms with Crippen molar-refractivity contribution in [3.05, 3.63) is 12.2 Å². The summed E-state index contributed by atoms with van der Waals surface area (Å²) in [6.07, 6.45) is 4.33. The molecule has 0 amide bonds. The lowest BCUT2D eigenvalue weighted by Crippen LogP contribution is -2.66. The summed E-state index contributed by atoms with van der Waals surface area (Å²) in [4.78, 5) is 10.5. The molecule has 1 saturated heterocycles. The second kappa shape index (κ2) is 4.97. The molecule has 2 aliphatic heterocycles. The molecule has 92 valence electrons. The summed E-state index contributed by atoms with van der Waals surface area (Å²) < 4.78 is 11.2. The first-order chi connectivity index (χ1) is 7.70. The van der Waals surface area contributed by atoms with E-state index in [9.17, 15) is 0 Å². The van der Waals surface area contributed by atoms with Gasteiger partial charge in [-0.15, -0.1) is 0 Å². The highest BCUT2D eigenvalue weighted by molar-refractivity contribution is 7.10. The maximum absolute atomic E-state index is 5.69. The van der Waals surface area contributed by atoms with E-state index in [0.29, 0.717) is 5.92 Å². The summed E-state index contributed by atoms with van der Waals surface area (Å²) in [5.74, 6) is 0.303. The number of hydrogen-bond donors (Lipinski definition) is 0. The van der Waals surface area contributed by atoms with Gasteiger partial charge in [-0.1, -0.05) is 32.4 Å². The topological polar surface area (TPSA) is 36.9 Å². The van der Waals surface area contributed by atoms with E-state index in [1.165, 1.54) is 0 Å². The molecule has 2 heterocycles. The first-order valence-corrected chi connectivity index (χ1v) is 6.38. The average Bonchev–Trinajstić information content (AvgIpc) is 2.37. The molecule has 2 bridgehead atoms. The van der Waals surface area contributed by atoms with E-state index in [1.807, 2.05) is 12.2 Å². The standard InChI is InChI=1S/C10H18O4P2/c1-3-6(2)10(14-16)8-5-4-7(11-12-8)9(10)13-15/h4-9H,3,15-16H2,1-2H3/t6?,7-,8+,9+,10-/m0/s1. The average molecular weight is 264 g/mol. The van der Waals surface area contributed by atoms with Crippen LogP contribution in [-0.2, 0) is 18.8 Å². The smallest absolute Gasteiger partial charge is 0.143 e. The molecular weight excluding hydrogens is 246 g/mol. The van der Waals surface area contributed by atoms with Gasteiger partial charge in [0.2, 0.25) is 0 Å². The Kier molecular flexibility index (Phi) is 4.01. The van der Waals surface area contributed by atoms with Crippen LogP contribution in [-0.4, -0.2) is 23.9 Å². The van der Waals surface area contributed by atoms with Crippen LogP contribution in [0.5, 0.6) is 0 Å². The lowest BCUT2D eigenvalue weighted by atomic mass is 9.72. The highest BCUT2D eigenvalue weighted by Crippen LogP contribution is 2.46. The second-order valence-electron chi connectivity index (χ2n) is 4.30. The Balaban J connectivity index is 2.38. The van der Waals surface area contributed by atoms with E-state index >= 15 is 0 Å². The molecule has 3 aliphatic rings. The highest BCUT2D eigenvalue weighted by Gasteiger charge is 2.59. The normalized spacial score (nSPS) is 43.6. The fourth-order valence-corrected chi connectivity index (χ4v) is 3.38. The van der Waals surface area contributed by atoms with Gasteiger partial charge in [0.25, 0.3) is 0 Å². The molecule has 1 aliphatic carbocycles. The van der Waals surface area contributed by atoms with Crippen LogP contribution in [0.1, 0.15) is 20.3 Å². The minimum Gasteiger partial charge on any atom is -0.356 e. The number of rotatable bonds is 4. The third-order valence-corrected chi connectivity index (χ3v) is 4.37. The molecule has 7 atom stereocenters. The van der Waals surface area contributed by atoms with Crippen LogP contribution in [0.3, 0.4) is 0 Å². The molecular formula is C10H18O4P2. The fourth-order valence-electron chi connectivity index (χ4n) is 2.51. The summed E-state index contributed by atoms with van der Waals surface area (Å²) in [5, 5.41) is 0. The first-order valence-electron chi connectivity index (χ1n) is 5.44. The Labute approximate surface area is 101 Å². The Hall–Kier alpha value is 0.440. The Morgan fingerprint density at radius 1 is 1.38 bits per heavy atom. The van der Waals surface area contributed by atoms with Crippen molar-refractivity contribution in [2.45, 2.75) is 44.2 Å². The van der Waals surface area contributed by atoms with Crippen molar-refractivity contribution in [1.82, 2.24) is 0 Å². The lowest BCUT2D eigenvalue weighted by Gasteiger charge is -2.53. The van der Waals surface area contributed by atoms with Crippen LogP contribution in [0.25, 0.3) is 0 Å². The molecule has 6 heteroatoms. The Bertz CT molecular complexity index is 286. The SMILES string of the molecule is CCC(C)[C@@]1(OP)[C@H](OP)[C@@H]2C=C[C@H]1OO2. The largest absolute Gasteiger partial charge is 0.356 e. The van der Waals surface area contributed by atoms with E-state index in [-0.39, 0.29) is 18.3 Å². The van der Waals surface area contributed by atoms with Crippen molar-refractivity contribution in [3.63, 3.8) is 0 Å². The van der Waals surface area contributed by atoms with Crippen LogP contribution >= 0.6 is 18.9 Å². The van der Waals surface area contributed by atoms with Crippen LogP contribution in [0.15, 0.2) is 12.2 Å². The number of fused-ring (bicyclic) bond motifs is 2. The molecule has 0 spiro atoms. The zero-order valence-electron chi connectivity index (χ0n) is 9.46. The minimum atomic E-state index is -0.501. The Morgan fingerprint density at radius 3 is 2.56 bits per heavy atom. The second-order valence-corrected chi connectivity index (χ2v) is 4.81. The Morgan fingerprint density at radius 2 is 2.12 bits per heavy atom. The predicted octanol–water partition coefficient (Wildman–Crippen LogP) is 2.02. The van der Waals surface area contributed by atoms with Gasteiger partial charge in [-0.3, -0.25) is 0 Å². The van der Waals surface area contributed by atoms with E-state index < -0.39 is 5.60 Å². The van der Waals surface area contributed by atoms with Gasteiger partial charge in [-0.05, 0) is 5.92 Å². The van der Waals surface area contributed by atoms with Crippen molar-refractivity contribution < 1.29 is 18.8 Å². The van der Waals surface area contributed by atoms with Crippen molar-refractivity contribution in [3.8, 4) is 0 Å². The van der Waals surface area contributed by atoms with Gasteiger partial charge < -0.3 is 9.05 Å². The van der Waals surface area contributed by atoms with Crippen LogP contribution in [0, 0.1) is 5.92 Å². The van der Waals surface area contributed by atoms with Gasteiger partial charge in [0.15, 0.2) is 0 Å². The first kappa shape index (κ1) is 12.9. The molecule has 0 aromatic carbocycles. The minimum absolute atomic E-state index is 0.173. The van der Waals surface area contributed by atoms with Crippen molar-refractivity contribution in [1.29, 1.82) is 0 Å². The van der Waals surface area contributed by atoms with Gasteiger partial charge in [0.1, 0.15) is 23.9 Å². The zero-order valence-corrected chi connectivity index (χ0v) is 11.8. The summed E-state index contributed by atoms with van der Waals surface area (Å²) in [6, 6.07) is 0. The van der Waals surface area contributed by atoms with Crippen molar-refractivity contribution >= 4 is 18.9 Å². The maximum atomic E-state index is 5.69. The molecule has 16 heavy (non-hydrogen) atoms. The summed E-state index contributed by atoms with van der Waals surface area (Å²) in [7, 11) is 4.64. The van der Waals surface area contributed by atoms with E-state index in [0.717, 1.165) is 6.42 Å². The van der Waals surface area contributed by atoms with E-state index in [2.05, 4.69) is 32.8 Å². The molecule has 1 fully saturated rings. The van der Waals surface area contributed by atoms with Gasteiger partial charge in [0, 0.05) is 18.9 Å². The monoisotopic (exact) mass is 264 g/mol. The quantitative estimate of drug-likeness (QED) is 0.442. The van der Waals surface area contributed by atoms with E-state index in [1.54, 1.807) is 0 Å². The molecule has 0 aromatic heterocycles.